The van der Waals surface area contributed by atoms with Crippen molar-refractivity contribution >= 4 is 5.82 Å². The van der Waals surface area contributed by atoms with Gasteiger partial charge in [-0.2, -0.15) is 0 Å². The normalized spacial score (nSPS) is 17.1. The molecule has 0 atom stereocenters. The van der Waals surface area contributed by atoms with Crippen molar-refractivity contribution < 1.29 is 4.74 Å². The van der Waals surface area contributed by atoms with Gasteiger partial charge in [0.25, 0.3) is 0 Å². The minimum absolute atomic E-state index is 0.0333. The predicted octanol–water partition coefficient (Wildman–Crippen LogP) is 2.52. The first kappa shape index (κ1) is 14.3. The van der Waals surface area contributed by atoms with Gasteiger partial charge in [-0.15, -0.1) is 0 Å². The third-order valence-electron chi connectivity index (χ3n) is 3.19. The molecule has 19 heavy (non-hydrogen) atoms. The Morgan fingerprint density at radius 1 is 1.16 bits per heavy atom. The lowest BCUT2D eigenvalue weighted by Gasteiger charge is -2.36. The lowest BCUT2D eigenvalue weighted by molar-refractivity contribution is -0.0170. The molecule has 1 aliphatic heterocycles. The van der Waals surface area contributed by atoms with Crippen LogP contribution in [0.15, 0.2) is 18.3 Å². The van der Waals surface area contributed by atoms with Crippen molar-refractivity contribution in [3.63, 3.8) is 0 Å². The lowest BCUT2D eigenvalue weighted by atomic mass is 9.94. The molecule has 106 valence electrons. The molecule has 1 aromatic heterocycles. The molecule has 1 fully saturated rings. The Kier molecular flexibility index (Phi) is 3.83. The van der Waals surface area contributed by atoms with E-state index < -0.39 is 0 Å². The van der Waals surface area contributed by atoms with Crippen molar-refractivity contribution in [1.82, 2.24) is 10.3 Å². The van der Waals surface area contributed by atoms with E-state index in [-0.39, 0.29) is 11.1 Å². The first-order valence-electron chi connectivity index (χ1n) is 6.86. The van der Waals surface area contributed by atoms with Gasteiger partial charge >= 0.3 is 0 Å². The maximum absolute atomic E-state index is 5.20. The molecule has 2 rings (SSSR count). The molecule has 1 saturated heterocycles. The summed E-state index contributed by atoms with van der Waals surface area (Å²) in [5, 5.41) is 6.96. The van der Waals surface area contributed by atoms with E-state index in [1.807, 2.05) is 12.3 Å². The van der Waals surface area contributed by atoms with Gasteiger partial charge in [-0.1, -0.05) is 6.07 Å². The third kappa shape index (κ3) is 3.91. The Balaban J connectivity index is 2.04. The Bertz CT molecular complexity index is 416. The zero-order valence-electron chi connectivity index (χ0n) is 12.6. The van der Waals surface area contributed by atoms with Crippen molar-refractivity contribution in [2.24, 2.45) is 0 Å². The van der Waals surface area contributed by atoms with Gasteiger partial charge in [0, 0.05) is 17.3 Å². The zero-order valence-corrected chi connectivity index (χ0v) is 12.6. The molecule has 1 aromatic rings. The number of aromatic nitrogens is 1. The fourth-order valence-corrected chi connectivity index (χ4v) is 2.13. The Labute approximate surface area is 116 Å². The fraction of sp³-hybridized carbons (Fsp3) is 0.667. The zero-order chi connectivity index (χ0) is 14.1. The van der Waals surface area contributed by atoms with Crippen molar-refractivity contribution in [2.45, 2.75) is 51.7 Å². The smallest absolute Gasteiger partial charge is 0.126 e. The molecule has 0 aliphatic carbocycles. The van der Waals surface area contributed by atoms with Gasteiger partial charge in [0.15, 0.2) is 0 Å². The summed E-state index contributed by atoms with van der Waals surface area (Å²) in [6, 6.07) is 4.64. The summed E-state index contributed by atoms with van der Waals surface area (Å²) in [7, 11) is 0. The van der Waals surface area contributed by atoms with Gasteiger partial charge in [-0.25, -0.2) is 4.98 Å². The number of nitrogens with one attached hydrogen (secondary N) is 2. The molecule has 0 saturated carbocycles. The average Bonchev–Trinajstić information content (AvgIpc) is 2.22. The van der Waals surface area contributed by atoms with Crippen LogP contribution in [-0.4, -0.2) is 29.8 Å². The van der Waals surface area contributed by atoms with Crippen LogP contribution in [0, 0.1) is 0 Å². The summed E-state index contributed by atoms with van der Waals surface area (Å²) >= 11 is 0. The van der Waals surface area contributed by atoms with E-state index in [1.54, 1.807) is 0 Å². The minimum Gasteiger partial charge on any atom is -0.378 e. The van der Waals surface area contributed by atoms with Gasteiger partial charge in [-0.3, -0.25) is 0 Å². The van der Waals surface area contributed by atoms with E-state index in [9.17, 15) is 0 Å². The summed E-state index contributed by atoms with van der Waals surface area (Å²) in [5.41, 5.74) is 1.15. The highest BCUT2D eigenvalue weighted by atomic mass is 16.5. The average molecular weight is 263 g/mol. The number of pyridine rings is 1. The molecular formula is C15H25N3O. The maximum atomic E-state index is 5.20. The highest BCUT2D eigenvalue weighted by molar-refractivity contribution is 5.39. The standard InChI is InChI=1S/C15H25N3O/c1-14(2,3)18-13-7-6-11(8-16-13)15(4,5)17-12-9-19-10-12/h6-8,12,17H,9-10H2,1-5H3,(H,16,18). The van der Waals surface area contributed by atoms with E-state index >= 15 is 0 Å². The van der Waals surface area contributed by atoms with Crippen LogP contribution in [0.25, 0.3) is 0 Å². The Hall–Kier alpha value is -1.13. The van der Waals surface area contributed by atoms with E-state index in [0.29, 0.717) is 6.04 Å². The summed E-state index contributed by atoms with van der Waals surface area (Å²) in [4.78, 5) is 4.50. The van der Waals surface area contributed by atoms with Crippen LogP contribution in [0.5, 0.6) is 0 Å². The number of hydrogen-bond acceptors (Lipinski definition) is 4. The quantitative estimate of drug-likeness (QED) is 0.876. The van der Waals surface area contributed by atoms with E-state index in [0.717, 1.165) is 19.0 Å². The monoisotopic (exact) mass is 263 g/mol. The van der Waals surface area contributed by atoms with Crippen LogP contribution < -0.4 is 10.6 Å². The molecule has 0 aromatic carbocycles. The largest absolute Gasteiger partial charge is 0.378 e. The van der Waals surface area contributed by atoms with Crippen LogP contribution in [0.4, 0.5) is 5.82 Å². The van der Waals surface area contributed by atoms with Gasteiger partial charge in [-0.05, 0) is 46.2 Å². The lowest BCUT2D eigenvalue weighted by Crippen LogP contribution is -2.53. The summed E-state index contributed by atoms with van der Waals surface area (Å²) in [6.45, 7) is 12.4. The van der Waals surface area contributed by atoms with Gasteiger partial charge in [0.2, 0.25) is 0 Å². The number of hydrogen-bond donors (Lipinski definition) is 2. The van der Waals surface area contributed by atoms with Crippen LogP contribution in [0.1, 0.15) is 40.2 Å². The molecule has 2 heterocycles. The van der Waals surface area contributed by atoms with Gasteiger partial charge < -0.3 is 15.4 Å². The molecule has 0 unspecified atom stereocenters. The molecule has 0 bridgehead atoms. The molecule has 2 N–H and O–H groups in total. The maximum Gasteiger partial charge on any atom is 0.126 e. The van der Waals surface area contributed by atoms with E-state index in [4.69, 9.17) is 4.74 Å². The molecule has 0 radical (unpaired) electrons. The predicted molar refractivity (Wildman–Crippen MR) is 78.4 cm³/mol. The number of anilines is 1. The van der Waals surface area contributed by atoms with Crippen molar-refractivity contribution in [3.8, 4) is 0 Å². The van der Waals surface area contributed by atoms with Crippen molar-refractivity contribution in [1.29, 1.82) is 0 Å². The number of rotatable bonds is 4. The topological polar surface area (TPSA) is 46.2 Å². The first-order valence-corrected chi connectivity index (χ1v) is 6.86. The highest BCUT2D eigenvalue weighted by Gasteiger charge is 2.28. The highest BCUT2D eigenvalue weighted by Crippen LogP contribution is 2.23. The molecule has 0 spiro atoms. The molecule has 4 nitrogen and oxygen atoms in total. The minimum atomic E-state index is -0.0816. The van der Waals surface area contributed by atoms with Gasteiger partial charge in [0.05, 0.1) is 19.3 Å². The van der Waals surface area contributed by atoms with Crippen molar-refractivity contribution in [3.05, 3.63) is 23.9 Å². The summed E-state index contributed by atoms with van der Waals surface area (Å²) < 4.78 is 5.20. The second kappa shape index (κ2) is 5.10. The van der Waals surface area contributed by atoms with Gasteiger partial charge in [0.1, 0.15) is 5.82 Å². The fourth-order valence-electron chi connectivity index (χ4n) is 2.13. The number of ether oxygens (including phenoxy) is 1. The first-order chi connectivity index (χ1) is 8.76. The van der Waals surface area contributed by atoms with Crippen LogP contribution in [0.3, 0.4) is 0 Å². The molecule has 1 aliphatic rings. The molecule has 0 amide bonds. The molecule has 4 heteroatoms. The number of nitrogens with zero attached hydrogens (tertiary/aromatic N) is 1. The molecular weight excluding hydrogens is 238 g/mol. The summed E-state index contributed by atoms with van der Waals surface area (Å²) in [6.07, 6.45) is 1.95. The SMILES string of the molecule is CC(C)(C)Nc1ccc(C(C)(C)NC2COC2)cn1. The second-order valence-corrected chi connectivity index (χ2v) is 6.81. The van der Waals surface area contributed by atoms with Crippen LogP contribution in [-0.2, 0) is 10.3 Å². The van der Waals surface area contributed by atoms with E-state index in [1.165, 1.54) is 5.56 Å². The van der Waals surface area contributed by atoms with Crippen LogP contribution in [0.2, 0.25) is 0 Å². The third-order valence-corrected chi connectivity index (χ3v) is 3.19. The van der Waals surface area contributed by atoms with Crippen LogP contribution >= 0.6 is 0 Å². The van der Waals surface area contributed by atoms with E-state index in [2.05, 4.69) is 56.3 Å². The van der Waals surface area contributed by atoms with Crippen molar-refractivity contribution in [2.75, 3.05) is 18.5 Å². The Morgan fingerprint density at radius 2 is 1.84 bits per heavy atom. The summed E-state index contributed by atoms with van der Waals surface area (Å²) in [5.74, 6) is 0.916. The Morgan fingerprint density at radius 3 is 2.26 bits per heavy atom. The second-order valence-electron chi connectivity index (χ2n) is 6.81.